The first kappa shape index (κ1) is 13.9. The molecule has 1 aromatic carbocycles. The predicted octanol–water partition coefficient (Wildman–Crippen LogP) is 3.48. The number of halogens is 1. The fourth-order valence-electron chi connectivity index (χ4n) is 2.00. The summed E-state index contributed by atoms with van der Waals surface area (Å²) in [4.78, 5) is 12.0. The summed E-state index contributed by atoms with van der Waals surface area (Å²) in [6.45, 7) is 0.637. The van der Waals surface area contributed by atoms with Gasteiger partial charge < -0.3 is 5.32 Å². The van der Waals surface area contributed by atoms with Gasteiger partial charge in [-0.25, -0.2) is 0 Å². The molecule has 1 aliphatic heterocycles. The van der Waals surface area contributed by atoms with Gasteiger partial charge in [-0.2, -0.15) is 0 Å². The molecule has 1 aromatic rings. The van der Waals surface area contributed by atoms with Crippen molar-refractivity contribution in [3.8, 4) is 0 Å². The zero-order chi connectivity index (χ0) is 12.8. The molecule has 1 amide bonds. The molecule has 0 aromatic heterocycles. The van der Waals surface area contributed by atoms with E-state index in [1.165, 1.54) is 18.4 Å². The van der Waals surface area contributed by atoms with Gasteiger partial charge in [0.25, 0.3) is 0 Å². The van der Waals surface area contributed by atoms with Crippen LogP contribution >= 0.6 is 27.7 Å². The lowest BCUT2D eigenvalue weighted by Gasteiger charge is -2.20. The first-order valence-electron chi connectivity index (χ1n) is 6.32. The van der Waals surface area contributed by atoms with E-state index in [4.69, 9.17) is 0 Å². The third-order valence-electron chi connectivity index (χ3n) is 3.12. The molecule has 0 aliphatic carbocycles. The third-order valence-corrected chi connectivity index (χ3v) is 5.14. The van der Waals surface area contributed by atoms with Crippen molar-refractivity contribution >= 4 is 33.6 Å². The molecular weight excluding hydrogens is 310 g/mol. The molecule has 1 fully saturated rings. The van der Waals surface area contributed by atoms with Gasteiger partial charge in [0, 0.05) is 11.9 Å². The Morgan fingerprint density at radius 3 is 2.61 bits per heavy atom. The molecule has 1 saturated heterocycles. The van der Waals surface area contributed by atoms with E-state index in [9.17, 15) is 4.79 Å². The van der Waals surface area contributed by atoms with Gasteiger partial charge >= 0.3 is 0 Å². The van der Waals surface area contributed by atoms with E-state index in [0.29, 0.717) is 6.54 Å². The minimum absolute atomic E-state index is 0.167. The molecular formula is C14H18BrNOS. The van der Waals surface area contributed by atoms with Crippen LogP contribution in [0.15, 0.2) is 24.3 Å². The van der Waals surface area contributed by atoms with Crippen LogP contribution in [0.2, 0.25) is 0 Å². The van der Waals surface area contributed by atoms with Crippen LogP contribution in [0.25, 0.3) is 0 Å². The summed E-state index contributed by atoms with van der Waals surface area (Å²) >= 11 is 5.22. The fourth-order valence-corrected chi connectivity index (χ4v) is 3.59. The lowest BCUT2D eigenvalue weighted by molar-refractivity contribution is -0.120. The Balaban J connectivity index is 1.80. The Morgan fingerprint density at radius 2 is 2.00 bits per heavy atom. The molecule has 98 valence electrons. The normalized spacial score (nSPS) is 19.5. The van der Waals surface area contributed by atoms with Crippen molar-refractivity contribution in [2.24, 2.45) is 0 Å². The number of benzene rings is 1. The van der Waals surface area contributed by atoms with E-state index >= 15 is 0 Å². The molecule has 1 aliphatic rings. The molecule has 1 atom stereocenters. The van der Waals surface area contributed by atoms with Crippen LogP contribution < -0.4 is 5.32 Å². The Morgan fingerprint density at radius 1 is 1.28 bits per heavy atom. The monoisotopic (exact) mass is 327 g/mol. The topological polar surface area (TPSA) is 29.1 Å². The average molecular weight is 328 g/mol. The summed E-state index contributed by atoms with van der Waals surface area (Å²) in [6, 6.07) is 8.33. The van der Waals surface area contributed by atoms with Crippen molar-refractivity contribution in [2.45, 2.75) is 36.4 Å². The van der Waals surface area contributed by atoms with Crippen molar-refractivity contribution in [1.29, 1.82) is 0 Å². The fraction of sp³-hybridized carbons (Fsp3) is 0.500. The number of amides is 1. The molecule has 18 heavy (non-hydrogen) atoms. The molecule has 4 heteroatoms. The number of nitrogens with one attached hydrogen (secondary N) is 1. The molecule has 2 rings (SSSR count). The Labute approximate surface area is 121 Å². The number of rotatable bonds is 4. The number of carbonyl (C=O) groups is 1. The van der Waals surface area contributed by atoms with Crippen LogP contribution in [0.1, 0.15) is 30.4 Å². The van der Waals surface area contributed by atoms with E-state index in [2.05, 4.69) is 45.5 Å². The van der Waals surface area contributed by atoms with Crippen molar-refractivity contribution in [3.63, 3.8) is 0 Å². The van der Waals surface area contributed by atoms with Gasteiger partial charge in [0.15, 0.2) is 0 Å². The number of alkyl halides is 1. The van der Waals surface area contributed by atoms with Gasteiger partial charge in [-0.3, -0.25) is 4.79 Å². The van der Waals surface area contributed by atoms with E-state index in [1.807, 2.05) is 0 Å². The highest BCUT2D eigenvalue weighted by Crippen LogP contribution is 2.25. The van der Waals surface area contributed by atoms with E-state index in [0.717, 1.165) is 23.1 Å². The number of thioether (sulfide) groups is 1. The highest BCUT2D eigenvalue weighted by molar-refractivity contribution is 9.08. The van der Waals surface area contributed by atoms with Crippen LogP contribution in [0.4, 0.5) is 0 Å². The maximum Gasteiger partial charge on any atom is 0.233 e. The summed E-state index contributed by atoms with van der Waals surface area (Å²) in [6.07, 6.45) is 3.46. The van der Waals surface area contributed by atoms with Crippen LogP contribution in [-0.2, 0) is 16.7 Å². The summed E-state index contributed by atoms with van der Waals surface area (Å²) in [7, 11) is 0. The predicted molar refractivity (Wildman–Crippen MR) is 81.0 cm³/mol. The van der Waals surface area contributed by atoms with Gasteiger partial charge in [0.2, 0.25) is 5.91 Å². The minimum atomic E-state index is 0.167. The Kier molecular flexibility index (Phi) is 5.57. The first-order chi connectivity index (χ1) is 8.79. The SMILES string of the molecule is O=C(NCc1ccc(CBr)cc1)C1CCCCS1. The quantitative estimate of drug-likeness (QED) is 0.858. The third kappa shape index (κ3) is 4.02. The smallest absolute Gasteiger partial charge is 0.233 e. The summed E-state index contributed by atoms with van der Waals surface area (Å²) in [5, 5.41) is 4.08. The van der Waals surface area contributed by atoms with E-state index in [-0.39, 0.29) is 11.2 Å². The number of hydrogen-bond donors (Lipinski definition) is 1. The largest absolute Gasteiger partial charge is 0.351 e. The van der Waals surface area contributed by atoms with Crippen molar-refractivity contribution in [1.82, 2.24) is 5.32 Å². The van der Waals surface area contributed by atoms with Gasteiger partial charge in [-0.05, 0) is 29.7 Å². The lowest BCUT2D eigenvalue weighted by Crippen LogP contribution is -2.33. The van der Waals surface area contributed by atoms with Gasteiger partial charge in [0.05, 0.1) is 5.25 Å². The summed E-state index contributed by atoms with van der Waals surface area (Å²) in [5.41, 5.74) is 2.42. The lowest BCUT2D eigenvalue weighted by atomic mass is 10.1. The van der Waals surface area contributed by atoms with Crippen molar-refractivity contribution < 1.29 is 4.79 Å². The minimum Gasteiger partial charge on any atom is -0.351 e. The van der Waals surface area contributed by atoms with Crippen LogP contribution in [0.5, 0.6) is 0 Å². The Bertz CT molecular complexity index is 387. The summed E-state index contributed by atoms with van der Waals surface area (Å²) < 4.78 is 0. The van der Waals surface area contributed by atoms with Crippen LogP contribution in [0.3, 0.4) is 0 Å². The van der Waals surface area contributed by atoms with E-state index < -0.39 is 0 Å². The highest BCUT2D eigenvalue weighted by atomic mass is 79.9. The van der Waals surface area contributed by atoms with Crippen LogP contribution in [0, 0.1) is 0 Å². The zero-order valence-corrected chi connectivity index (χ0v) is 12.7. The second-order valence-corrected chi connectivity index (χ2v) is 6.39. The maximum atomic E-state index is 12.0. The standard InChI is InChI=1S/C14H18BrNOS/c15-9-11-4-6-12(7-5-11)10-16-14(17)13-3-1-2-8-18-13/h4-7,13H,1-3,8-10H2,(H,16,17). The highest BCUT2D eigenvalue weighted by Gasteiger charge is 2.21. The molecule has 2 nitrogen and oxygen atoms in total. The van der Waals surface area contributed by atoms with Crippen LogP contribution in [-0.4, -0.2) is 16.9 Å². The van der Waals surface area contributed by atoms with Gasteiger partial charge in [-0.15, -0.1) is 11.8 Å². The molecule has 0 saturated carbocycles. The number of carbonyl (C=O) groups excluding carboxylic acids is 1. The second kappa shape index (κ2) is 7.19. The molecule has 0 bridgehead atoms. The molecule has 1 N–H and O–H groups in total. The zero-order valence-electron chi connectivity index (χ0n) is 10.3. The average Bonchev–Trinajstić information content (AvgIpc) is 2.46. The maximum absolute atomic E-state index is 12.0. The summed E-state index contributed by atoms with van der Waals surface area (Å²) in [5.74, 6) is 1.32. The molecule has 0 radical (unpaired) electrons. The number of hydrogen-bond acceptors (Lipinski definition) is 2. The van der Waals surface area contributed by atoms with Gasteiger partial charge in [0.1, 0.15) is 0 Å². The van der Waals surface area contributed by atoms with Gasteiger partial charge in [-0.1, -0.05) is 46.6 Å². The van der Waals surface area contributed by atoms with Crippen molar-refractivity contribution in [2.75, 3.05) is 5.75 Å². The van der Waals surface area contributed by atoms with E-state index in [1.54, 1.807) is 11.8 Å². The Hall–Kier alpha value is -0.480. The molecule has 1 heterocycles. The first-order valence-corrected chi connectivity index (χ1v) is 8.49. The van der Waals surface area contributed by atoms with Crippen molar-refractivity contribution in [3.05, 3.63) is 35.4 Å². The molecule has 1 unspecified atom stereocenters. The second-order valence-electron chi connectivity index (χ2n) is 4.52. The molecule has 0 spiro atoms.